The molecule has 176 valence electrons. The first-order valence-electron chi connectivity index (χ1n) is 10.0. The van der Waals surface area contributed by atoms with E-state index in [0.29, 0.717) is 13.0 Å². The van der Waals surface area contributed by atoms with Crippen LogP contribution in [0.25, 0.3) is 11.1 Å². The Morgan fingerprint density at radius 1 is 1.06 bits per heavy atom. The zero-order valence-corrected chi connectivity index (χ0v) is 17.3. The van der Waals surface area contributed by atoms with E-state index in [0.717, 1.165) is 0 Å². The number of alkyl carbamates (subject to hydrolysis) is 1. The molecule has 5 N–H and O–H groups in total. The van der Waals surface area contributed by atoms with E-state index in [1.165, 1.54) is 22.3 Å². The van der Waals surface area contributed by atoms with Crippen molar-refractivity contribution in [3.05, 3.63) is 59.7 Å². The van der Waals surface area contributed by atoms with Crippen molar-refractivity contribution < 1.29 is 37.4 Å². The van der Waals surface area contributed by atoms with E-state index in [9.17, 15) is 22.8 Å². The lowest BCUT2D eigenvalue weighted by Gasteiger charge is -2.16. The maximum absolute atomic E-state index is 12.2. The average molecular weight is 465 g/mol. The Morgan fingerprint density at radius 2 is 1.58 bits per heavy atom. The highest BCUT2D eigenvalue weighted by Crippen LogP contribution is 2.44. The molecule has 4 rings (SSSR count). The van der Waals surface area contributed by atoms with Gasteiger partial charge in [0.15, 0.2) is 0 Å². The smallest absolute Gasteiger partial charge is 0.475 e. The highest BCUT2D eigenvalue weighted by Gasteiger charge is 2.38. The maximum Gasteiger partial charge on any atom is 0.490 e. The van der Waals surface area contributed by atoms with E-state index in [1.807, 2.05) is 24.3 Å². The number of carbonyl (C=O) groups is 3. The number of hydrogen-bond acceptors (Lipinski definition) is 5. The van der Waals surface area contributed by atoms with Crippen LogP contribution in [0.2, 0.25) is 0 Å². The van der Waals surface area contributed by atoms with Crippen molar-refractivity contribution in [2.45, 2.75) is 30.6 Å². The van der Waals surface area contributed by atoms with Gasteiger partial charge in [0.05, 0.1) is 6.04 Å². The molecule has 11 heteroatoms. The molecule has 0 bridgehead atoms. The molecule has 1 heterocycles. The Kier molecular flexibility index (Phi) is 7.22. The summed E-state index contributed by atoms with van der Waals surface area (Å²) in [5.74, 6) is -3.12. The monoisotopic (exact) mass is 465 g/mol. The van der Waals surface area contributed by atoms with Crippen molar-refractivity contribution in [1.29, 1.82) is 0 Å². The summed E-state index contributed by atoms with van der Waals surface area (Å²) in [5.41, 5.74) is 10.0. The van der Waals surface area contributed by atoms with Crippen LogP contribution < -0.4 is 16.4 Å². The first kappa shape index (κ1) is 24.1. The van der Waals surface area contributed by atoms with E-state index in [-0.39, 0.29) is 18.6 Å². The van der Waals surface area contributed by atoms with Gasteiger partial charge in [0.2, 0.25) is 5.91 Å². The number of nitrogens with one attached hydrogen (secondary N) is 2. The van der Waals surface area contributed by atoms with Gasteiger partial charge in [-0.3, -0.25) is 4.79 Å². The summed E-state index contributed by atoms with van der Waals surface area (Å²) in [7, 11) is 0. The minimum atomic E-state index is -5.08. The third kappa shape index (κ3) is 5.80. The molecule has 0 aromatic heterocycles. The molecule has 33 heavy (non-hydrogen) atoms. The van der Waals surface area contributed by atoms with Gasteiger partial charge >= 0.3 is 18.2 Å². The van der Waals surface area contributed by atoms with Crippen molar-refractivity contribution >= 4 is 18.0 Å². The van der Waals surface area contributed by atoms with E-state index in [4.69, 9.17) is 20.4 Å². The number of alkyl halides is 3. The SMILES string of the molecule is NC(=O)[C@@H]1C[C@@H](NC(=O)OCC2c3ccccc3-c3ccccc32)CN1.O=C(O)C(F)(F)F. The number of hydrogen-bond donors (Lipinski definition) is 4. The molecule has 2 aromatic carbocycles. The lowest BCUT2D eigenvalue weighted by molar-refractivity contribution is -0.192. The van der Waals surface area contributed by atoms with Crippen molar-refractivity contribution in [2.24, 2.45) is 5.73 Å². The molecule has 0 radical (unpaired) electrons. The lowest BCUT2D eigenvalue weighted by Crippen LogP contribution is -2.37. The number of carbonyl (C=O) groups excluding carboxylic acids is 2. The van der Waals surface area contributed by atoms with E-state index in [1.54, 1.807) is 0 Å². The number of carboxylic acid groups (broad SMARTS) is 1. The fourth-order valence-electron chi connectivity index (χ4n) is 3.87. The number of halogens is 3. The molecule has 1 aliphatic carbocycles. The zero-order valence-electron chi connectivity index (χ0n) is 17.3. The van der Waals surface area contributed by atoms with Gasteiger partial charge in [0.1, 0.15) is 6.61 Å². The van der Waals surface area contributed by atoms with Gasteiger partial charge in [-0.25, -0.2) is 9.59 Å². The van der Waals surface area contributed by atoms with Crippen LogP contribution in [-0.2, 0) is 14.3 Å². The standard InChI is InChI=1S/C20H21N3O3.C2HF3O2/c21-19(24)18-9-12(10-22-18)23-20(25)26-11-17-15-7-3-1-5-13(15)14-6-2-4-8-16(14)17;3-2(4,5)1(6)7/h1-8,12,17-18,22H,9-11H2,(H2,21,24)(H,23,25);(H,6,7)/t12-,18+;/m1./s1. The Morgan fingerprint density at radius 3 is 2.03 bits per heavy atom. The molecule has 0 saturated carbocycles. The second-order valence-corrected chi connectivity index (χ2v) is 7.57. The first-order chi connectivity index (χ1) is 15.6. The summed E-state index contributed by atoms with van der Waals surface area (Å²) in [4.78, 5) is 32.3. The molecular weight excluding hydrogens is 443 g/mol. The number of amides is 2. The summed E-state index contributed by atoms with van der Waals surface area (Å²) in [6.07, 6.45) is -5.07. The second kappa shape index (κ2) is 9.90. The van der Waals surface area contributed by atoms with Crippen molar-refractivity contribution in [3.8, 4) is 11.1 Å². The summed E-state index contributed by atoms with van der Waals surface area (Å²) in [6, 6.07) is 15.9. The number of primary amides is 1. The van der Waals surface area contributed by atoms with Crippen molar-refractivity contribution in [1.82, 2.24) is 10.6 Å². The average Bonchev–Trinajstić information content (AvgIpc) is 3.35. The van der Waals surface area contributed by atoms with Crippen molar-refractivity contribution in [3.63, 3.8) is 0 Å². The molecule has 2 aliphatic rings. The fourth-order valence-corrected chi connectivity index (χ4v) is 3.87. The Labute approximate surface area is 186 Å². The Balaban J connectivity index is 0.000000383. The topological polar surface area (TPSA) is 131 Å². The van der Waals surface area contributed by atoms with E-state index >= 15 is 0 Å². The van der Waals surface area contributed by atoms with Crippen molar-refractivity contribution in [2.75, 3.05) is 13.2 Å². The summed E-state index contributed by atoms with van der Waals surface area (Å²) < 4.78 is 37.2. The quantitative estimate of drug-likeness (QED) is 0.549. The Hall–Kier alpha value is -3.60. The molecule has 0 unspecified atom stereocenters. The predicted molar refractivity (Wildman–Crippen MR) is 111 cm³/mol. The highest BCUT2D eigenvalue weighted by molar-refractivity contribution is 5.81. The molecule has 1 aliphatic heterocycles. The first-order valence-corrected chi connectivity index (χ1v) is 10.0. The van der Waals surface area contributed by atoms with Crippen LogP contribution in [0.15, 0.2) is 48.5 Å². The van der Waals surface area contributed by atoms with Crippen LogP contribution >= 0.6 is 0 Å². The molecule has 1 fully saturated rings. The molecular formula is C22H22F3N3O5. The van der Waals surface area contributed by atoms with Gasteiger partial charge in [-0.1, -0.05) is 48.5 Å². The summed E-state index contributed by atoms with van der Waals surface area (Å²) in [6.45, 7) is 0.789. The fraction of sp³-hybridized carbons (Fsp3) is 0.318. The van der Waals surface area contributed by atoms with Crippen LogP contribution in [0.4, 0.5) is 18.0 Å². The maximum atomic E-state index is 12.2. The van der Waals surface area contributed by atoms with Gasteiger partial charge in [0, 0.05) is 18.5 Å². The minimum Gasteiger partial charge on any atom is -0.475 e. The van der Waals surface area contributed by atoms with E-state index < -0.39 is 30.2 Å². The second-order valence-electron chi connectivity index (χ2n) is 7.57. The number of fused-ring (bicyclic) bond motifs is 3. The number of aliphatic carboxylic acids is 1. The largest absolute Gasteiger partial charge is 0.490 e. The van der Waals surface area contributed by atoms with Gasteiger partial charge in [0.25, 0.3) is 0 Å². The molecule has 2 aromatic rings. The lowest BCUT2D eigenvalue weighted by atomic mass is 9.98. The zero-order chi connectivity index (χ0) is 24.2. The van der Waals surface area contributed by atoms with Gasteiger partial charge in [-0.15, -0.1) is 0 Å². The van der Waals surface area contributed by atoms with Crippen LogP contribution in [0.1, 0.15) is 23.5 Å². The number of rotatable bonds is 4. The van der Waals surface area contributed by atoms with Crippen LogP contribution in [-0.4, -0.2) is 54.5 Å². The molecule has 1 saturated heterocycles. The summed E-state index contributed by atoms with van der Waals surface area (Å²) in [5, 5.41) is 12.9. The highest BCUT2D eigenvalue weighted by atomic mass is 19.4. The normalized spacial score (nSPS) is 19.0. The predicted octanol–water partition coefficient (Wildman–Crippen LogP) is 2.37. The van der Waals surface area contributed by atoms with Gasteiger partial charge in [-0.05, 0) is 28.7 Å². The minimum absolute atomic E-state index is 0.0354. The molecule has 8 nitrogen and oxygen atoms in total. The molecule has 2 amide bonds. The number of ether oxygens (including phenoxy) is 1. The third-order valence-electron chi connectivity index (χ3n) is 5.38. The van der Waals surface area contributed by atoms with E-state index in [2.05, 4.69) is 34.9 Å². The number of carboxylic acids is 1. The molecule has 2 atom stereocenters. The number of benzene rings is 2. The number of nitrogens with two attached hydrogens (primary N) is 1. The van der Waals surface area contributed by atoms with Crippen LogP contribution in [0, 0.1) is 0 Å². The summed E-state index contributed by atoms with van der Waals surface area (Å²) >= 11 is 0. The third-order valence-corrected chi connectivity index (χ3v) is 5.38. The Bertz CT molecular complexity index is 998. The van der Waals surface area contributed by atoms with Crippen LogP contribution in [0.3, 0.4) is 0 Å². The van der Waals surface area contributed by atoms with Crippen LogP contribution in [0.5, 0.6) is 0 Å². The molecule has 0 spiro atoms. The van der Waals surface area contributed by atoms with Gasteiger partial charge in [-0.2, -0.15) is 13.2 Å². The van der Waals surface area contributed by atoms with Gasteiger partial charge < -0.3 is 26.2 Å².